The molecule has 1 aliphatic heterocycles. The first-order chi connectivity index (χ1) is 16.4. The third-order valence-electron chi connectivity index (χ3n) is 6.19. The molecule has 0 unspecified atom stereocenters. The van der Waals surface area contributed by atoms with Crippen molar-refractivity contribution in [3.63, 3.8) is 0 Å². The van der Waals surface area contributed by atoms with Crippen LogP contribution in [0.3, 0.4) is 0 Å². The number of rotatable bonds is 8. The molecule has 2 amide bonds. The zero-order chi connectivity index (χ0) is 24.2. The number of nitrogens with one attached hydrogen (secondary N) is 4. The quantitative estimate of drug-likeness (QED) is 0.204. The van der Waals surface area contributed by atoms with E-state index in [0.29, 0.717) is 11.1 Å². The highest BCUT2D eigenvalue weighted by Crippen LogP contribution is 2.41. The Morgan fingerprint density at radius 1 is 1.15 bits per heavy atom. The second-order valence-electron chi connectivity index (χ2n) is 8.68. The van der Waals surface area contributed by atoms with Gasteiger partial charge >= 0.3 is 0 Å². The average molecular weight is 469 g/mol. The van der Waals surface area contributed by atoms with Crippen LogP contribution in [0.1, 0.15) is 54.3 Å². The number of nitrogens with zero attached hydrogens (tertiary/aromatic N) is 2. The molecule has 0 spiro atoms. The molecular weight excluding hydrogens is 442 g/mol. The van der Waals surface area contributed by atoms with Gasteiger partial charge in [0.2, 0.25) is 11.8 Å². The number of amides is 2. The smallest absolute Gasteiger partial charge is 0.243 e. The van der Waals surface area contributed by atoms with Crippen molar-refractivity contribution in [3.8, 4) is 0 Å². The van der Waals surface area contributed by atoms with E-state index in [1.54, 1.807) is 12.1 Å². The Morgan fingerprint density at radius 3 is 2.53 bits per heavy atom. The Labute approximate surface area is 195 Å². The number of carbonyl (C=O) groups is 2. The van der Waals surface area contributed by atoms with Gasteiger partial charge in [-0.1, -0.05) is 47.7 Å². The summed E-state index contributed by atoms with van der Waals surface area (Å²) in [6, 6.07) is 12.3. The Morgan fingerprint density at radius 2 is 1.88 bits per heavy atom. The molecule has 2 aromatic carbocycles. The highest BCUT2D eigenvalue weighted by atomic mass is 19.1. The molecule has 3 atom stereocenters. The van der Waals surface area contributed by atoms with Crippen molar-refractivity contribution in [1.29, 1.82) is 10.9 Å². The van der Waals surface area contributed by atoms with Crippen LogP contribution in [0, 0.1) is 16.8 Å². The van der Waals surface area contributed by atoms with Crippen molar-refractivity contribution >= 4 is 17.6 Å². The molecule has 34 heavy (non-hydrogen) atoms. The minimum Gasteiger partial charge on any atom is -0.343 e. The normalized spacial score (nSPS) is 20.5. The van der Waals surface area contributed by atoms with Crippen molar-refractivity contribution in [2.24, 2.45) is 5.22 Å². The first kappa shape index (κ1) is 23.5. The number of amidine groups is 1. The Bertz CT molecular complexity index is 1090. The molecular formula is C24H26F2N6O2. The molecule has 4 rings (SSSR count). The van der Waals surface area contributed by atoms with E-state index in [0.717, 1.165) is 23.3 Å². The second-order valence-corrected chi connectivity index (χ2v) is 8.68. The predicted molar refractivity (Wildman–Crippen MR) is 120 cm³/mol. The molecule has 4 N–H and O–H groups in total. The maximum Gasteiger partial charge on any atom is 0.243 e. The Hall–Kier alpha value is -3.69. The fraction of sp³-hybridized carbons (Fsp3) is 0.375. The maximum absolute atomic E-state index is 14.8. The van der Waals surface area contributed by atoms with Gasteiger partial charge in [0.15, 0.2) is 0 Å². The van der Waals surface area contributed by atoms with Gasteiger partial charge in [-0.3, -0.25) is 15.0 Å². The number of carbonyl (C=O) groups excluding carboxylic acids is 2. The topological polar surface area (TPSA) is 122 Å². The SMILES string of the molecule is N=NNC(=N)CC(=O)N1C[C@H](F)C[C@H]1C(=O)N[C@@H](c1ccccc1)c1ccc(C2CC2)c(F)c1. The van der Waals surface area contributed by atoms with E-state index in [9.17, 15) is 18.4 Å². The largest absolute Gasteiger partial charge is 0.343 e. The highest BCUT2D eigenvalue weighted by Gasteiger charge is 2.40. The van der Waals surface area contributed by atoms with Gasteiger partial charge in [0.25, 0.3) is 0 Å². The van der Waals surface area contributed by atoms with Crippen LogP contribution in [0.2, 0.25) is 0 Å². The molecule has 1 aliphatic carbocycles. The van der Waals surface area contributed by atoms with Gasteiger partial charge in [0.1, 0.15) is 23.9 Å². The van der Waals surface area contributed by atoms with E-state index in [2.05, 4.69) is 16.0 Å². The van der Waals surface area contributed by atoms with Crippen LogP contribution in [0.15, 0.2) is 53.8 Å². The molecule has 10 heteroatoms. The number of likely N-dealkylation sites (tertiary alicyclic amines) is 1. The van der Waals surface area contributed by atoms with E-state index >= 15 is 0 Å². The lowest BCUT2D eigenvalue weighted by atomic mass is 9.96. The van der Waals surface area contributed by atoms with Crippen LogP contribution in [0.25, 0.3) is 0 Å². The number of benzene rings is 2. The second kappa shape index (κ2) is 10.1. The van der Waals surface area contributed by atoms with Crippen LogP contribution in [0.5, 0.6) is 0 Å². The van der Waals surface area contributed by atoms with E-state index in [1.165, 1.54) is 6.07 Å². The lowest BCUT2D eigenvalue weighted by molar-refractivity contribution is -0.137. The summed E-state index contributed by atoms with van der Waals surface area (Å²) in [7, 11) is 0. The van der Waals surface area contributed by atoms with E-state index < -0.39 is 36.5 Å². The molecule has 2 aliphatic rings. The summed E-state index contributed by atoms with van der Waals surface area (Å²) in [6.45, 7) is -0.261. The lowest BCUT2D eigenvalue weighted by Crippen LogP contribution is -2.47. The van der Waals surface area contributed by atoms with Gasteiger partial charge in [-0.2, -0.15) is 5.53 Å². The zero-order valence-electron chi connectivity index (χ0n) is 18.4. The molecule has 1 heterocycles. The summed E-state index contributed by atoms with van der Waals surface area (Å²) >= 11 is 0. The average Bonchev–Trinajstić information content (AvgIpc) is 3.58. The Balaban J connectivity index is 1.56. The fourth-order valence-electron chi connectivity index (χ4n) is 4.36. The van der Waals surface area contributed by atoms with Crippen molar-refractivity contribution in [3.05, 3.63) is 71.0 Å². The summed E-state index contributed by atoms with van der Waals surface area (Å²) in [4.78, 5) is 27.0. The number of alkyl halides is 1. The minimum absolute atomic E-state index is 0.169. The summed E-state index contributed by atoms with van der Waals surface area (Å²) in [5, 5.41) is 13.3. The van der Waals surface area contributed by atoms with Crippen molar-refractivity contribution in [2.75, 3.05) is 6.54 Å². The molecule has 0 radical (unpaired) electrons. The monoisotopic (exact) mass is 468 g/mol. The van der Waals surface area contributed by atoms with Gasteiger partial charge in [0.05, 0.1) is 19.0 Å². The third-order valence-corrected chi connectivity index (χ3v) is 6.19. The molecule has 1 saturated heterocycles. The van der Waals surface area contributed by atoms with Crippen LogP contribution >= 0.6 is 0 Å². The van der Waals surface area contributed by atoms with Gasteiger partial charge in [0, 0.05) is 6.42 Å². The van der Waals surface area contributed by atoms with Gasteiger partial charge in [-0.15, -0.1) is 0 Å². The Kier molecular flexibility index (Phi) is 6.95. The standard InChI is InChI=1S/C24H26F2N6O2/c25-17-11-20(32(13-17)22(33)12-21(27)30-31-28)24(34)29-23(15-4-2-1-3-5-15)16-8-9-18(14-6-7-14)19(26)10-16/h1-5,8-10,14,17,20,23H,6-7,11-13H2,(H,29,34)(H3,27,28,30)/t17-,20+,23+/m1/s1. The number of hydrogen-bond acceptors (Lipinski definition) is 5. The van der Waals surface area contributed by atoms with Crippen molar-refractivity contribution in [1.82, 2.24) is 15.6 Å². The molecule has 2 fully saturated rings. The fourth-order valence-corrected chi connectivity index (χ4v) is 4.36. The molecule has 0 aromatic heterocycles. The van der Waals surface area contributed by atoms with E-state index in [1.807, 2.05) is 30.3 Å². The molecule has 178 valence electrons. The predicted octanol–water partition coefficient (Wildman–Crippen LogP) is 3.75. The van der Waals surface area contributed by atoms with Gasteiger partial charge < -0.3 is 10.2 Å². The summed E-state index contributed by atoms with van der Waals surface area (Å²) in [6.07, 6.45) is -0.0536. The first-order valence-corrected chi connectivity index (χ1v) is 11.2. The maximum atomic E-state index is 14.8. The van der Waals surface area contributed by atoms with Gasteiger partial charge in [-0.25, -0.2) is 14.2 Å². The van der Waals surface area contributed by atoms with Crippen LogP contribution in [-0.4, -0.2) is 41.3 Å². The summed E-state index contributed by atoms with van der Waals surface area (Å²) < 4.78 is 29.0. The molecule has 8 nitrogen and oxygen atoms in total. The van der Waals surface area contributed by atoms with Crippen molar-refractivity contribution in [2.45, 2.75) is 49.9 Å². The van der Waals surface area contributed by atoms with Crippen molar-refractivity contribution < 1.29 is 18.4 Å². The molecule has 1 saturated carbocycles. The summed E-state index contributed by atoms with van der Waals surface area (Å²) in [5.41, 5.74) is 10.7. The van der Waals surface area contributed by atoms with E-state index in [-0.39, 0.29) is 30.5 Å². The minimum atomic E-state index is -1.38. The van der Waals surface area contributed by atoms with E-state index in [4.69, 9.17) is 10.9 Å². The summed E-state index contributed by atoms with van der Waals surface area (Å²) in [5.74, 6) is -1.57. The number of halogens is 2. The first-order valence-electron chi connectivity index (χ1n) is 11.2. The zero-order valence-corrected chi connectivity index (χ0v) is 18.4. The highest BCUT2D eigenvalue weighted by molar-refractivity contribution is 6.00. The third kappa shape index (κ3) is 5.27. The number of hydrogen-bond donors (Lipinski definition) is 4. The van der Waals surface area contributed by atoms with Crippen LogP contribution in [0.4, 0.5) is 8.78 Å². The van der Waals surface area contributed by atoms with Crippen LogP contribution in [-0.2, 0) is 9.59 Å². The molecule has 2 aromatic rings. The van der Waals surface area contributed by atoms with Crippen LogP contribution < -0.4 is 10.7 Å². The van der Waals surface area contributed by atoms with Gasteiger partial charge in [-0.05, 0) is 41.5 Å². The molecule has 0 bridgehead atoms. The lowest BCUT2D eigenvalue weighted by Gasteiger charge is -2.27.